The van der Waals surface area contributed by atoms with Gasteiger partial charge in [-0.3, -0.25) is 4.68 Å². The Morgan fingerprint density at radius 1 is 1.00 bits per heavy atom. The van der Waals surface area contributed by atoms with Gasteiger partial charge >= 0.3 is 0 Å². The van der Waals surface area contributed by atoms with Crippen LogP contribution in [0.2, 0.25) is 0 Å². The van der Waals surface area contributed by atoms with Gasteiger partial charge in [0.25, 0.3) is 0 Å². The van der Waals surface area contributed by atoms with Crippen molar-refractivity contribution in [2.75, 3.05) is 18.0 Å². The fourth-order valence-electron chi connectivity index (χ4n) is 4.15. The van der Waals surface area contributed by atoms with Gasteiger partial charge in [0, 0.05) is 61.1 Å². The number of nitrogens with zero attached hydrogens (tertiary/aromatic N) is 7. The predicted molar refractivity (Wildman–Crippen MR) is 119 cm³/mol. The molecule has 1 aliphatic heterocycles. The van der Waals surface area contributed by atoms with Crippen molar-refractivity contribution >= 4 is 17.0 Å². The molecular formula is C22H24N8O. The summed E-state index contributed by atoms with van der Waals surface area (Å²) in [5, 5.41) is 28.0. The summed E-state index contributed by atoms with van der Waals surface area (Å²) in [7, 11) is 1.87. The maximum Gasteiger partial charge on any atom is 0.245 e. The highest BCUT2D eigenvalue weighted by atomic mass is 16.3. The van der Waals surface area contributed by atoms with Gasteiger partial charge in [-0.1, -0.05) is 6.07 Å². The summed E-state index contributed by atoms with van der Waals surface area (Å²) in [6.45, 7) is 5.96. The van der Waals surface area contributed by atoms with Crippen LogP contribution in [0.3, 0.4) is 0 Å². The second-order valence-electron chi connectivity index (χ2n) is 8.19. The summed E-state index contributed by atoms with van der Waals surface area (Å²) in [5.41, 5.74) is 3.59. The number of phenolic OH excluding ortho intramolecular Hbond substituents is 1. The molecule has 158 valence electrons. The van der Waals surface area contributed by atoms with Crippen LogP contribution in [0.1, 0.15) is 13.8 Å². The summed E-state index contributed by atoms with van der Waals surface area (Å²) in [4.78, 5) is 11.0. The molecule has 9 heteroatoms. The Kier molecular flexibility index (Phi) is 4.74. The average molecular weight is 416 g/mol. The topological polar surface area (TPSA) is 105 Å². The predicted octanol–water partition coefficient (Wildman–Crippen LogP) is 2.38. The van der Waals surface area contributed by atoms with Crippen molar-refractivity contribution in [3.05, 3.63) is 42.9 Å². The molecular weight excluding hydrogens is 392 g/mol. The van der Waals surface area contributed by atoms with Crippen molar-refractivity contribution < 1.29 is 5.11 Å². The number of aryl methyl sites for hydroxylation is 1. The molecule has 0 radical (unpaired) electrons. The lowest BCUT2D eigenvalue weighted by atomic mass is 10.0. The lowest BCUT2D eigenvalue weighted by Gasteiger charge is -2.35. The lowest BCUT2D eigenvalue weighted by Crippen LogP contribution is -2.54. The van der Waals surface area contributed by atoms with Crippen LogP contribution >= 0.6 is 0 Å². The first-order valence-corrected chi connectivity index (χ1v) is 10.3. The van der Waals surface area contributed by atoms with E-state index in [1.54, 1.807) is 23.1 Å². The van der Waals surface area contributed by atoms with Gasteiger partial charge in [0.1, 0.15) is 11.4 Å². The second-order valence-corrected chi connectivity index (χ2v) is 8.19. The number of aromatic nitrogens is 6. The monoisotopic (exact) mass is 416 g/mol. The Morgan fingerprint density at radius 2 is 1.81 bits per heavy atom. The number of fused-ring (bicyclic) bond motifs is 1. The minimum atomic E-state index is 0.122. The Bertz CT molecular complexity index is 1230. The van der Waals surface area contributed by atoms with Crippen LogP contribution in [0.4, 0.5) is 5.95 Å². The maximum atomic E-state index is 10.7. The van der Waals surface area contributed by atoms with Gasteiger partial charge in [0.15, 0.2) is 5.65 Å². The highest BCUT2D eigenvalue weighted by Crippen LogP contribution is 2.32. The van der Waals surface area contributed by atoms with E-state index in [9.17, 15) is 5.11 Å². The molecule has 1 saturated heterocycles. The molecule has 31 heavy (non-hydrogen) atoms. The van der Waals surface area contributed by atoms with Gasteiger partial charge in [-0.15, -0.1) is 10.2 Å². The van der Waals surface area contributed by atoms with Crippen LogP contribution in [-0.2, 0) is 7.05 Å². The van der Waals surface area contributed by atoms with Gasteiger partial charge in [0.05, 0.1) is 6.20 Å². The maximum absolute atomic E-state index is 10.7. The highest BCUT2D eigenvalue weighted by Gasteiger charge is 2.23. The lowest BCUT2D eigenvalue weighted by molar-refractivity contribution is 0.402. The van der Waals surface area contributed by atoms with Gasteiger partial charge < -0.3 is 15.3 Å². The zero-order valence-corrected chi connectivity index (χ0v) is 17.7. The summed E-state index contributed by atoms with van der Waals surface area (Å²) >= 11 is 0. The van der Waals surface area contributed by atoms with E-state index in [-0.39, 0.29) is 5.75 Å². The van der Waals surface area contributed by atoms with Crippen LogP contribution in [0.5, 0.6) is 5.75 Å². The first-order valence-electron chi connectivity index (χ1n) is 10.3. The molecule has 9 nitrogen and oxygen atoms in total. The van der Waals surface area contributed by atoms with Crippen molar-refractivity contribution in [1.29, 1.82) is 0 Å². The number of phenols is 1. The zero-order valence-electron chi connectivity index (χ0n) is 17.7. The standard InChI is InChI=1S/C22H24N8O/c1-13-10-30(11-14(2)25-13)22-24-9-19(26-27-22)18-5-4-15(7-20(18)31)16-6-17-12-29(3)28-21(17)23-8-16/h4-9,12-14,25,31H,10-11H2,1-3H3/t13-,14+. The largest absolute Gasteiger partial charge is 0.507 e. The van der Waals surface area contributed by atoms with E-state index in [2.05, 4.69) is 49.3 Å². The van der Waals surface area contributed by atoms with Crippen molar-refractivity contribution in [3.8, 4) is 28.1 Å². The molecule has 5 rings (SSSR count). The van der Waals surface area contributed by atoms with Crippen LogP contribution in [0.25, 0.3) is 33.4 Å². The van der Waals surface area contributed by atoms with E-state index < -0.39 is 0 Å². The number of aromatic hydroxyl groups is 1. The van der Waals surface area contributed by atoms with Gasteiger partial charge in [-0.05, 0) is 37.6 Å². The fraction of sp³-hybridized carbons (Fsp3) is 0.318. The summed E-state index contributed by atoms with van der Waals surface area (Å²) in [6, 6.07) is 8.22. The normalized spacial score (nSPS) is 19.1. The summed E-state index contributed by atoms with van der Waals surface area (Å²) < 4.78 is 1.74. The minimum Gasteiger partial charge on any atom is -0.507 e. The number of pyridine rings is 1. The molecule has 0 saturated carbocycles. The van der Waals surface area contributed by atoms with E-state index >= 15 is 0 Å². The van der Waals surface area contributed by atoms with Gasteiger partial charge in [0.2, 0.25) is 5.95 Å². The van der Waals surface area contributed by atoms with E-state index in [0.29, 0.717) is 34.9 Å². The second kappa shape index (κ2) is 7.59. The molecule has 0 unspecified atom stereocenters. The number of piperazine rings is 1. The Labute approximate surface area is 179 Å². The zero-order chi connectivity index (χ0) is 21.5. The van der Waals surface area contributed by atoms with Crippen molar-refractivity contribution in [2.45, 2.75) is 25.9 Å². The summed E-state index contributed by atoms with van der Waals surface area (Å²) in [6.07, 6.45) is 5.34. The number of anilines is 1. The highest BCUT2D eigenvalue weighted by molar-refractivity contribution is 5.82. The van der Waals surface area contributed by atoms with Crippen LogP contribution in [0.15, 0.2) is 42.9 Å². The van der Waals surface area contributed by atoms with E-state index in [0.717, 1.165) is 29.6 Å². The molecule has 1 aliphatic rings. The number of nitrogens with one attached hydrogen (secondary N) is 1. The fourth-order valence-corrected chi connectivity index (χ4v) is 4.15. The number of rotatable bonds is 3. The first kappa shape index (κ1) is 19.4. The third kappa shape index (κ3) is 3.79. The minimum absolute atomic E-state index is 0.122. The molecule has 1 aromatic carbocycles. The molecule has 3 aromatic heterocycles. The third-order valence-corrected chi connectivity index (χ3v) is 5.47. The average Bonchev–Trinajstić information content (AvgIpc) is 3.12. The van der Waals surface area contributed by atoms with Crippen molar-refractivity contribution in [2.24, 2.45) is 7.05 Å². The molecule has 4 aromatic rings. The van der Waals surface area contributed by atoms with E-state index in [1.807, 2.05) is 31.4 Å². The molecule has 0 spiro atoms. The number of benzene rings is 1. The van der Waals surface area contributed by atoms with Crippen LogP contribution in [0, 0.1) is 0 Å². The first-order chi connectivity index (χ1) is 15.0. The molecule has 0 aliphatic carbocycles. The molecule has 2 atom stereocenters. The number of hydrogen-bond acceptors (Lipinski definition) is 8. The van der Waals surface area contributed by atoms with Crippen molar-refractivity contribution in [1.82, 2.24) is 35.3 Å². The Balaban J connectivity index is 1.40. The Morgan fingerprint density at radius 3 is 2.52 bits per heavy atom. The van der Waals surface area contributed by atoms with Crippen LogP contribution < -0.4 is 10.2 Å². The Hall–Kier alpha value is -3.59. The van der Waals surface area contributed by atoms with Gasteiger partial charge in [-0.25, -0.2) is 9.97 Å². The van der Waals surface area contributed by atoms with Gasteiger partial charge in [-0.2, -0.15) is 5.10 Å². The third-order valence-electron chi connectivity index (χ3n) is 5.47. The SMILES string of the molecule is C[C@@H]1CN(c2ncc(-c3ccc(-c4cnc5nn(C)cc5c4)cc3O)nn2)C[C@H](C)N1. The molecule has 2 N–H and O–H groups in total. The van der Waals surface area contributed by atoms with E-state index in [1.165, 1.54) is 0 Å². The molecule has 0 amide bonds. The molecule has 1 fully saturated rings. The molecule has 0 bridgehead atoms. The van der Waals surface area contributed by atoms with E-state index in [4.69, 9.17) is 0 Å². The quantitative estimate of drug-likeness (QED) is 0.525. The van der Waals surface area contributed by atoms with Crippen molar-refractivity contribution in [3.63, 3.8) is 0 Å². The van der Waals surface area contributed by atoms with Crippen LogP contribution in [-0.4, -0.2) is 60.2 Å². The number of hydrogen-bond donors (Lipinski definition) is 2. The summed E-state index contributed by atoms with van der Waals surface area (Å²) in [5.74, 6) is 0.730. The molecule has 4 heterocycles. The smallest absolute Gasteiger partial charge is 0.245 e.